The summed E-state index contributed by atoms with van der Waals surface area (Å²) < 4.78 is 0.961. The predicted molar refractivity (Wildman–Crippen MR) is 55.5 cm³/mol. The number of H-pyrrole nitrogens is 1. The summed E-state index contributed by atoms with van der Waals surface area (Å²) in [6, 6.07) is 1.48. The normalized spacial score (nSPS) is 10.5. The number of fused-ring (bicyclic) bond motifs is 1. The van der Waals surface area contributed by atoms with Crippen molar-refractivity contribution in [1.82, 2.24) is 9.97 Å². The molecule has 0 saturated heterocycles. The molecule has 2 aromatic rings. The fraction of sp³-hybridized carbons (Fsp3) is 0. The second-order valence-corrected chi connectivity index (χ2v) is 3.65. The van der Waals surface area contributed by atoms with Gasteiger partial charge in [0.2, 0.25) is 0 Å². The third-order valence-electron chi connectivity index (χ3n) is 1.66. The van der Waals surface area contributed by atoms with Crippen LogP contribution in [0.15, 0.2) is 18.5 Å². The molecular formula is C7H4IN3O2. The molecule has 0 aliphatic rings. The van der Waals surface area contributed by atoms with Crippen molar-refractivity contribution in [2.45, 2.75) is 0 Å². The van der Waals surface area contributed by atoms with E-state index in [-0.39, 0.29) is 5.69 Å². The smallest absolute Gasteiger partial charge is 0.289 e. The van der Waals surface area contributed by atoms with Gasteiger partial charge in [0.1, 0.15) is 11.7 Å². The van der Waals surface area contributed by atoms with Gasteiger partial charge in [0.25, 0.3) is 5.69 Å². The third-order valence-corrected chi connectivity index (χ3v) is 2.49. The Morgan fingerprint density at radius 1 is 1.62 bits per heavy atom. The van der Waals surface area contributed by atoms with Crippen LogP contribution in [-0.2, 0) is 0 Å². The number of nitro groups is 1. The number of nitrogens with one attached hydrogen (secondary N) is 1. The third kappa shape index (κ3) is 1.37. The van der Waals surface area contributed by atoms with E-state index >= 15 is 0 Å². The lowest BCUT2D eigenvalue weighted by Gasteiger charge is -1.90. The summed E-state index contributed by atoms with van der Waals surface area (Å²) in [5, 5.41) is 10.4. The zero-order valence-corrected chi connectivity index (χ0v) is 8.48. The van der Waals surface area contributed by atoms with Crippen LogP contribution >= 0.6 is 22.6 Å². The van der Waals surface area contributed by atoms with Crippen molar-refractivity contribution < 1.29 is 4.92 Å². The molecule has 13 heavy (non-hydrogen) atoms. The van der Waals surface area contributed by atoms with Crippen molar-refractivity contribution in [1.29, 1.82) is 0 Å². The molecule has 0 unspecified atom stereocenters. The molecule has 0 bridgehead atoms. The first-order valence-electron chi connectivity index (χ1n) is 3.45. The average Bonchev–Trinajstić information content (AvgIpc) is 2.47. The predicted octanol–water partition coefficient (Wildman–Crippen LogP) is 2.08. The number of hydrogen-bond donors (Lipinski definition) is 1. The summed E-state index contributed by atoms with van der Waals surface area (Å²) in [5.74, 6) is 0. The summed E-state index contributed by atoms with van der Waals surface area (Å²) in [6.07, 6.45) is 3.03. The molecule has 1 N–H and O–H groups in total. The van der Waals surface area contributed by atoms with Crippen molar-refractivity contribution in [2.24, 2.45) is 0 Å². The van der Waals surface area contributed by atoms with E-state index in [1.165, 1.54) is 12.3 Å². The fourth-order valence-corrected chi connectivity index (χ4v) is 1.65. The number of aromatic nitrogens is 2. The molecule has 0 radical (unpaired) electrons. The van der Waals surface area contributed by atoms with E-state index in [2.05, 4.69) is 32.6 Å². The van der Waals surface area contributed by atoms with Crippen molar-refractivity contribution in [3.05, 3.63) is 32.1 Å². The lowest BCUT2D eigenvalue weighted by molar-refractivity contribution is -0.385. The number of hydrogen-bond acceptors (Lipinski definition) is 3. The van der Waals surface area contributed by atoms with Crippen molar-refractivity contribution in [2.75, 3.05) is 0 Å². The quantitative estimate of drug-likeness (QED) is 0.496. The summed E-state index contributed by atoms with van der Waals surface area (Å²) in [6.45, 7) is 0. The van der Waals surface area contributed by atoms with Crippen molar-refractivity contribution in [3.63, 3.8) is 0 Å². The Kier molecular flexibility index (Phi) is 1.91. The first-order chi connectivity index (χ1) is 6.18. The largest absolute Gasteiger partial charge is 0.359 e. The van der Waals surface area contributed by atoms with Crippen LogP contribution in [0, 0.1) is 13.7 Å². The SMILES string of the molecule is O=[N+]([O-])c1cnc2c(I)c[nH]c2c1. The maximum Gasteiger partial charge on any atom is 0.289 e. The molecule has 66 valence electrons. The highest BCUT2D eigenvalue weighted by molar-refractivity contribution is 14.1. The minimum absolute atomic E-state index is 0.00532. The van der Waals surface area contributed by atoms with Crippen LogP contribution in [0.2, 0.25) is 0 Å². The molecule has 0 saturated carbocycles. The monoisotopic (exact) mass is 289 g/mol. The minimum atomic E-state index is -0.458. The lowest BCUT2D eigenvalue weighted by atomic mass is 10.3. The van der Waals surface area contributed by atoms with Gasteiger partial charge in [-0.1, -0.05) is 0 Å². The number of rotatable bonds is 1. The van der Waals surface area contributed by atoms with Crippen LogP contribution in [0.1, 0.15) is 0 Å². The van der Waals surface area contributed by atoms with E-state index in [0.29, 0.717) is 5.52 Å². The maximum atomic E-state index is 10.4. The van der Waals surface area contributed by atoms with Gasteiger partial charge >= 0.3 is 0 Å². The van der Waals surface area contributed by atoms with E-state index in [1.54, 1.807) is 6.20 Å². The fourth-order valence-electron chi connectivity index (χ4n) is 1.06. The van der Waals surface area contributed by atoms with E-state index in [9.17, 15) is 10.1 Å². The Balaban J connectivity index is 2.70. The first-order valence-corrected chi connectivity index (χ1v) is 4.53. The van der Waals surface area contributed by atoms with Gasteiger partial charge in [0.15, 0.2) is 0 Å². The molecule has 0 aliphatic heterocycles. The van der Waals surface area contributed by atoms with Crippen LogP contribution in [0.25, 0.3) is 11.0 Å². The van der Waals surface area contributed by atoms with E-state index in [0.717, 1.165) is 9.09 Å². The van der Waals surface area contributed by atoms with E-state index in [4.69, 9.17) is 0 Å². The molecule has 0 spiro atoms. The Bertz CT molecular complexity index is 480. The first kappa shape index (κ1) is 8.42. The Morgan fingerprint density at radius 3 is 3.08 bits per heavy atom. The molecular weight excluding hydrogens is 285 g/mol. The highest BCUT2D eigenvalue weighted by Gasteiger charge is 2.09. The summed E-state index contributed by atoms with van der Waals surface area (Å²) >= 11 is 2.12. The molecule has 2 aromatic heterocycles. The molecule has 6 heteroatoms. The molecule has 0 atom stereocenters. The van der Waals surface area contributed by atoms with Crippen molar-refractivity contribution >= 4 is 39.3 Å². The van der Waals surface area contributed by atoms with Crippen LogP contribution in [0.5, 0.6) is 0 Å². The van der Waals surface area contributed by atoms with Gasteiger partial charge in [-0.15, -0.1) is 0 Å². The average molecular weight is 289 g/mol. The van der Waals surface area contributed by atoms with Crippen LogP contribution in [-0.4, -0.2) is 14.9 Å². The molecule has 0 amide bonds. The summed E-state index contributed by atoms with van der Waals surface area (Å²) in [7, 11) is 0. The Hall–Kier alpha value is -1.18. The van der Waals surface area contributed by atoms with Gasteiger partial charge in [-0.2, -0.15) is 0 Å². The second kappa shape index (κ2) is 2.95. The topological polar surface area (TPSA) is 71.8 Å². The lowest BCUT2D eigenvalue weighted by Crippen LogP contribution is -1.88. The van der Waals surface area contributed by atoms with Gasteiger partial charge in [0, 0.05) is 12.3 Å². The van der Waals surface area contributed by atoms with Gasteiger partial charge in [-0.05, 0) is 22.6 Å². The second-order valence-electron chi connectivity index (χ2n) is 2.48. The van der Waals surface area contributed by atoms with E-state index in [1.807, 2.05) is 0 Å². The minimum Gasteiger partial charge on any atom is -0.359 e. The van der Waals surface area contributed by atoms with Crippen LogP contribution in [0.4, 0.5) is 5.69 Å². The Labute approximate surface area is 86.5 Å². The number of pyridine rings is 1. The molecule has 5 nitrogen and oxygen atoms in total. The number of halogens is 1. The molecule has 0 aliphatic carbocycles. The molecule has 0 fully saturated rings. The van der Waals surface area contributed by atoms with Gasteiger partial charge < -0.3 is 4.98 Å². The van der Waals surface area contributed by atoms with Crippen LogP contribution < -0.4 is 0 Å². The van der Waals surface area contributed by atoms with Gasteiger partial charge in [-0.3, -0.25) is 10.1 Å². The maximum absolute atomic E-state index is 10.4. The van der Waals surface area contributed by atoms with E-state index < -0.39 is 4.92 Å². The zero-order valence-electron chi connectivity index (χ0n) is 6.32. The number of aromatic amines is 1. The summed E-state index contributed by atoms with van der Waals surface area (Å²) in [5.41, 5.74) is 1.47. The summed E-state index contributed by atoms with van der Waals surface area (Å²) in [4.78, 5) is 16.8. The van der Waals surface area contributed by atoms with Crippen molar-refractivity contribution in [3.8, 4) is 0 Å². The highest BCUT2D eigenvalue weighted by Crippen LogP contribution is 2.21. The highest BCUT2D eigenvalue weighted by atomic mass is 127. The molecule has 2 rings (SSSR count). The zero-order chi connectivity index (χ0) is 9.42. The van der Waals surface area contributed by atoms with Crippen LogP contribution in [0.3, 0.4) is 0 Å². The standard InChI is InChI=1S/C7H4IN3O2/c8-5-3-9-6-1-4(11(12)13)2-10-7(5)6/h1-3,9H. The van der Waals surface area contributed by atoms with Gasteiger partial charge in [-0.25, -0.2) is 4.98 Å². The number of nitrogens with zero attached hydrogens (tertiary/aromatic N) is 2. The molecule has 2 heterocycles. The van der Waals surface area contributed by atoms with Gasteiger partial charge in [0.05, 0.1) is 14.0 Å². The Morgan fingerprint density at radius 2 is 2.38 bits per heavy atom. The molecule has 0 aromatic carbocycles.